The van der Waals surface area contributed by atoms with E-state index in [1.807, 2.05) is 13.0 Å². The van der Waals surface area contributed by atoms with Crippen LogP contribution in [0.3, 0.4) is 0 Å². The van der Waals surface area contributed by atoms with Gasteiger partial charge in [-0.1, -0.05) is 25.3 Å². The minimum atomic E-state index is -0.878. The fraction of sp³-hybridized carbons (Fsp3) is 0.792. The summed E-state index contributed by atoms with van der Waals surface area (Å²) >= 11 is 0. The number of aliphatic hydroxyl groups is 1. The number of carbonyl (C=O) groups is 1. The highest BCUT2D eigenvalue weighted by atomic mass is 16.6. The van der Waals surface area contributed by atoms with Gasteiger partial charge in [0.15, 0.2) is 12.0 Å². The monoisotopic (exact) mass is 406 g/mol. The van der Waals surface area contributed by atoms with E-state index in [1.54, 1.807) is 6.92 Å². The minimum absolute atomic E-state index is 0.164. The summed E-state index contributed by atoms with van der Waals surface area (Å²) in [6.45, 7) is 4.57. The zero-order valence-electron chi connectivity index (χ0n) is 18.2. The lowest BCUT2D eigenvalue weighted by Crippen LogP contribution is -2.28. The Kier molecular flexibility index (Phi) is 8.05. The standard InChI is InChI=1S/C24H38O5/c1-3-27-23(26)11-9-19-8-10-21(22(15-19)29-18(2)25)28-17-20-7-6-14-24(16-20)12-4-5-13-24/h8,10,18-20,25H,3-7,9,11-17H2,1-2H3. The van der Waals surface area contributed by atoms with Gasteiger partial charge in [0, 0.05) is 12.8 Å². The van der Waals surface area contributed by atoms with Gasteiger partial charge in [-0.15, -0.1) is 0 Å². The molecule has 0 aromatic rings. The fourth-order valence-electron chi connectivity index (χ4n) is 5.41. The maximum Gasteiger partial charge on any atom is 0.305 e. The van der Waals surface area contributed by atoms with Crippen molar-refractivity contribution < 1.29 is 24.1 Å². The molecule has 29 heavy (non-hydrogen) atoms. The molecule has 0 bridgehead atoms. The van der Waals surface area contributed by atoms with Crippen LogP contribution in [0, 0.1) is 17.3 Å². The highest BCUT2D eigenvalue weighted by Crippen LogP contribution is 2.50. The van der Waals surface area contributed by atoms with Crippen LogP contribution in [0.4, 0.5) is 0 Å². The van der Waals surface area contributed by atoms with Crippen molar-refractivity contribution in [2.75, 3.05) is 13.2 Å². The average Bonchev–Trinajstić information content (AvgIpc) is 3.13. The molecule has 3 aliphatic rings. The van der Waals surface area contributed by atoms with Crippen LogP contribution in [0.25, 0.3) is 0 Å². The van der Waals surface area contributed by atoms with Gasteiger partial charge in [-0.3, -0.25) is 4.79 Å². The van der Waals surface area contributed by atoms with E-state index in [0.717, 1.165) is 12.4 Å². The highest BCUT2D eigenvalue weighted by Gasteiger charge is 2.38. The van der Waals surface area contributed by atoms with Gasteiger partial charge in [-0.05, 0) is 75.7 Å². The van der Waals surface area contributed by atoms with Crippen molar-refractivity contribution in [3.05, 3.63) is 23.7 Å². The Labute approximate surface area is 175 Å². The SMILES string of the molecule is CCOC(=O)CCC1C=CC(OCC2CCCC3(CCCC3)C2)=C(OC(C)O)C1. The molecule has 0 aromatic heterocycles. The largest absolute Gasteiger partial charge is 0.490 e. The van der Waals surface area contributed by atoms with Crippen LogP contribution in [0.15, 0.2) is 23.7 Å². The minimum Gasteiger partial charge on any atom is -0.490 e. The second-order valence-electron chi connectivity index (χ2n) is 9.15. The van der Waals surface area contributed by atoms with Gasteiger partial charge in [0.1, 0.15) is 5.76 Å². The number of rotatable bonds is 9. The summed E-state index contributed by atoms with van der Waals surface area (Å²) in [5.74, 6) is 2.07. The second kappa shape index (κ2) is 10.5. The van der Waals surface area contributed by atoms with Crippen molar-refractivity contribution in [2.45, 2.75) is 90.8 Å². The van der Waals surface area contributed by atoms with Gasteiger partial charge in [-0.25, -0.2) is 0 Å². The van der Waals surface area contributed by atoms with E-state index in [-0.39, 0.29) is 11.9 Å². The summed E-state index contributed by atoms with van der Waals surface area (Å²) < 4.78 is 16.9. The third kappa shape index (κ3) is 6.50. The Balaban J connectivity index is 1.54. The van der Waals surface area contributed by atoms with Crippen LogP contribution in [0.5, 0.6) is 0 Å². The Bertz CT molecular complexity index is 600. The Morgan fingerprint density at radius 1 is 1.28 bits per heavy atom. The van der Waals surface area contributed by atoms with Crippen LogP contribution in [0.2, 0.25) is 0 Å². The van der Waals surface area contributed by atoms with E-state index in [1.165, 1.54) is 51.4 Å². The average molecular weight is 407 g/mol. The first kappa shape index (κ1) is 22.2. The summed E-state index contributed by atoms with van der Waals surface area (Å²) in [4.78, 5) is 11.6. The first-order chi connectivity index (χ1) is 14.0. The van der Waals surface area contributed by atoms with E-state index in [2.05, 4.69) is 6.08 Å². The number of ether oxygens (including phenoxy) is 3. The normalized spacial score (nSPS) is 27.1. The Morgan fingerprint density at radius 2 is 2.03 bits per heavy atom. The van der Waals surface area contributed by atoms with Gasteiger partial charge in [0.05, 0.1) is 13.2 Å². The van der Waals surface area contributed by atoms with E-state index >= 15 is 0 Å². The molecule has 5 nitrogen and oxygen atoms in total. The smallest absolute Gasteiger partial charge is 0.305 e. The zero-order valence-corrected chi connectivity index (χ0v) is 18.2. The molecule has 3 rings (SSSR count). The molecule has 2 saturated carbocycles. The predicted molar refractivity (Wildman–Crippen MR) is 112 cm³/mol. The van der Waals surface area contributed by atoms with Crippen molar-refractivity contribution in [2.24, 2.45) is 17.3 Å². The van der Waals surface area contributed by atoms with E-state index in [9.17, 15) is 9.90 Å². The molecule has 0 aromatic carbocycles. The predicted octanol–water partition coefficient (Wildman–Crippen LogP) is 5.24. The van der Waals surface area contributed by atoms with E-state index < -0.39 is 6.29 Å². The summed E-state index contributed by atoms with van der Waals surface area (Å²) in [5.41, 5.74) is 0.584. The molecule has 0 radical (unpaired) electrons. The third-order valence-electron chi connectivity index (χ3n) is 6.76. The Hall–Kier alpha value is -1.49. The lowest BCUT2D eigenvalue weighted by atomic mass is 9.69. The lowest BCUT2D eigenvalue weighted by Gasteiger charge is -2.38. The number of aliphatic hydroxyl groups excluding tert-OH is 1. The highest BCUT2D eigenvalue weighted by molar-refractivity contribution is 5.69. The maximum atomic E-state index is 11.6. The van der Waals surface area contributed by atoms with Crippen LogP contribution >= 0.6 is 0 Å². The first-order valence-electron chi connectivity index (χ1n) is 11.5. The van der Waals surface area contributed by atoms with Gasteiger partial charge >= 0.3 is 5.97 Å². The molecule has 1 N–H and O–H groups in total. The van der Waals surface area contributed by atoms with Gasteiger partial charge in [0.2, 0.25) is 0 Å². The topological polar surface area (TPSA) is 65.0 Å². The number of hydrogen-bond acceptors (Lipinski definition) is 5. The third-order valence-corrected chi connectivity index (χ3v) is 6.76. The van der Waals surface area contributed by atoms with Crippen molar-refractivity contribution >= 4 is 5.97 Å². The van der Waals surface area contributed by atoms with Crippen LogP contribution in [-0.4, -0.2) is 30.6 Å². The summed E-state index contributed by atoms with van der Waals surface area (Å²) in [5, 5.41) is 9.74. The van der Waals surface area contributed by atoms with E-state index in [4.69, 9.17) is 14.2 Å². The number of allylic oxidation sites excluding steroid dienone is 3. The molecular formula is C24H38O5. The summed E-state index contributed by atoms with van der Waals surface area (Å²) in [7, 11) is 0. The molecule has 1 spiro atoms. The molecule has 3 atom stereocenters. The summed E-state index contributed by atoms with van der Waals surface area (Å²) in [6.07, 6.45) is 15.7. The number of hydrogen-bond donors (Lipinski definition) is 1. The van der Waals surface area contributed by atoms with Crippen molar-refractivity contribution in [3.8, 4) is 0 Å². The van der Waals surface area contributed by atoms with Crippen molar-refractivity contribution in [1.82, 2.24) is 0 Å². The van der Waals surface area contributed by atoms with Crippen molar-refractivity contribution in [1.29, 1.82) is 0 Å². The Morgan fingerprint density at radius 3 is 2.76 bits per heavy atom. The molecule has 0 amide bonds. The quantitative estimate of drug-likeness (QED) is 0.419. The van der Waals surface area contributed by atoms with Gasteiger partial charge < -0.3 is 19.3 Å². The molecule has 2 fully saturated rings. The fourth-order valence-corrected chi connectivity index (χ4v) is 5.41. The maximum absolute atomic E-state index is 11.6. The van der Waals surface area contributed by atoms with Crippen LogP contribution in [-0.2, 0) is 19.0 Å². The van der Waals surface area contributed by atoms with E-state index in [0.29, 0.717) is 43.0 Å². The molecule has 5 heteroatoms. The van der Waals surface area contributed by atoms with Gasteiger partial charge in [0.25, 0.3) is 0 Å². The first-order valence-corrected chi connectivity index (χ1v) is 11.5. The molecule has 3 unspecified atom stereocenters. The van der Waals surface area contributed by atoms with Crippen LogP contribution in [0.1, 0.15) is 84.5 Å². The number of esters is 1. The van der Waals surface area contributed by atoms with Crippen LogP contribution < -0.4 is 0 Å². The molecule has 3 aliphatic carbocycles. The van der Waals surface area contributed by atoms with Gasteiger partial charge in [-0.2, -0.15) is 0 Å². The van der Waals surface area contributed by atoms with Crippen molar-refractivity contribution in [3.63, 3.8) is 0 Å². The molecular weight excluding hydrogens is 368 g/mol. The molecule has 0 heterocycles. The molecule has 0 aliphatic heterocycles. The lowest BCUT2D eigenvalue weighted by molar-refractivity contribution is -0.143. The zero-order chi connectivity index (χ0) is 20.7. The summed E-state index contributed by atoms with van der Waals surface area (Å²) in [6, 6.07) is 0. The molecule has 164 valence electrons. The molecule has 0 saturated heterocycles. The number of carbonyl (C=O) groups excluding carboxylic acids is 1. The second-order valence-corrected chi connectivity index (χ2v) is 9.15.